The lowest BCUT2D eigenvalue weighted by Gasteiger charge is -2.09. The van der Waals surface area contributed by atoms with Crippen molar-refractivity contribution in [3.05, 3.63) is 64.3 Å². The lowest BCUT2D eigenvalue weighted by atomic mass is 10.1. The summed E-state index contributed by atoms with van der Waals surface area (Å²) >= 11 is 5.92. The lowest BCUT2D eigenvalue weighted by Crippen LogP contribution is -2.43. The number of benzene rings is 2. The summed E-state index contributed by atoms with van der Waals surface area (Å²) in [6.45, 7) is 3.76. The molecule has 0 spiro atoms. The molecule has 2 amide bonds. The normalized spacial score (nSPS) is 10.6. The van der Waals surface area contributed by atoms with Crippen LogP contribution in [0, 0.1) is 13.8 Å². The zero-order valence-corrected chi connectivity index (χ0v) is 15.1. The largest absolute Gasteiger partial charge is 0.484 e. The standard InChI is InChI=1S/C19H18ClN3O3/c1-11-3-6-15(7-12(11)2)26-10-18(24)22-23-19(25)17-8-13-4-5-14(20)9-16(13)21-17/h3-9,21H,10H2,1-2H3,(H,22,24)(H,23,25). The van der Waals surface area contributed by atoms with Gasteiger partial charge >= 0.3 is 0 Å². The summed E-state index contributed by atoms with van der Waals surface area (Å²) in [7, 11) is 0. The van der Waals surface area contributed by atoms with E-state index in [4.69, 9.17) is 16.3 Å². The molecule has 3 aromatic rings. The Hall–Kier alpha value is -2.99. The van der Waals surface area contributed by atoms with Gasteiger partial charge in [0, 0.05) is 15.9 Å². The fourth-order valence-electron chi connectivity index (χ4n) is 2.40. The van der Waals surface area contributed by atoms with Crippen LogP contribution in [0.2, 0.25) is 5.02 Å². The average Bonchev–Trinajstić information content (AvgIpc) is 3.03. The third-order valence-corrected chi connectivity index (χ3v) is 4.23. The maximum absolute atomic E-state index is 12.1. The number of carbonyl (C=O) groups is 2. The molecule has 2 aromatic carbocycles. The zero-order chi connectivity index (χ0) is 18.7. The van der Waals surface area contributed by atoms with Gasteiger partial charge in [-0.2, -0.15) is 0 Å². The number of aromatic nitrogens is 1. The highest BCUT2D eigenvalue weighted by molar-refractivity contribution is 6.31. The predicted molar refractivity (Wildman–Crippen MR) is 100 cm³/mol. The van der Waals surface area contributed by atoms with Gasteiger partial charge in [0.25, 0.3) is 11.8 Å². The molecule has 6 nitrogen and oxygen atoms in total. The fourth-order valence-corrected chi connectivity index (χ4v) is 2.58. The molecule has 0 unspecified atom stereocenters. The van der Waals surface area contributed by atoms with Crippen molar-refractivity contribution >= 4 is 34.3 Å². The molecule has 0 bridgehead atoms. The van der Waals surface area contributed by atoms with Crippen LogP contribution in [0.15, 0.2) is 42.5 Å². The van der Waals surface area contributed by atoms with Crippen LogP contribution in [-0.2, 0) is 4.79 Å². The topological polar surface area (TPSA) is 83.2 Å². The Balaban J connectivity index is 1.53. The number of fused-ring (bicyclic) bond motifs is 1. The van der Waals surface area contributed by atoms with E-state index in [1.165, 1.54) is 0 Å². The van der Waals surface area contributed by atoms with Gasteiger partial charge in [-0.25, -0.2) is 0 Å². The molecule has 0 aliphatic rings. The van der Waals surface area contributed by atoms with Gasteiger partial charge in [-0.3, -0.25) is 20.4 Å². The quantitative estimate of drug-likeness (QED) is 0.615. The summed E-state index contributed by atoms with van der Waals surface area (Å²) in [6, 6.07) is 12.5. The first kappa shape index (κ1) is 17.8. The highest BCUT2D eigenvalue weighted by atomic mass is 35.5. The number of aryl methyl sites for hydroxylation is 2. The number of aromatic amines is 1. The van der Waals surface area contributed by atoms with Gasteiger partial charge < -0.3 is 9.72 Å². The smallest absolute Gasteiger partial charge is 0.286 e. The first-order valence-electron chi connectivity index (χ1n) is 8.00. The van der Waals surface area contributed by atoms with E-state index in [2.05, 4.69) is 15.8 Å². The molecular weight excluding hydrogens is 354 g/mol. The molecule has 0 aliphatic heterocycles. The molecule has 7 heteroatoms. The molecule has 134 valence electrons. The summed E-state index contributed by atoms with van der Waals surface area (Å²) in [4.78, 5) is 26.9. The van der Waals surface area contributed by atoms with Crippen molar-refractivity contribution in [2.75, 3.05) is 6.61 Å². The van der Waals surface area contributed by atoms with E-state index in [0.717, 1.165) is 22.0 Å². The van der Waals surface area contributed by atoms with Crippen molar-refractivity contribution < 1.29 is 14.3 Å². The maximum atomic E-state index is 12.1. The summed E-state index contributed by atoms with van der Waals surface area (Å²) in [5.41, 5.74) is 7.96. The van der Waals surface area contributed by atoms with E-state index in [1.54, 1.807) is 30.3 Å². The van der Waals surface area contributed by atoms with E-state index >= 15 is 0 Å². The average molecular weight is 372 g/mol. The number of halogens is 1. The van der Waals surface area contributed by atoms with Gasteiger partial charge in [0.15, 0.2) is 6.61 Å². The second kappa shape index (κ2) is 7.49. The molecular formula is C19H18ClN3O3. The molecule has 1 heterocycles. The molecule has 0 atom stereocenters. The number of carbonyl (C=O) groups excluding carboxylic acids is 2. The van der Waals surface area contributed by atoms with Crippen LogP contribution in [0.3, 0.4) is 0 Å². The van der Waals surface area contributed by atoms with Crippen LogP contribution < -0.4 is 15.6 Å². The Morgan fingerprint density at radius 2 is 1.85 bits per heavy atom. The lowest BCUT2D eigenvalue weighted by molar-refractivity contribution is -0.123. The fraction of sp³-hybridized carbons (Fsp3) is 0.158. The summed E-state index contributed by atoms with van der Waals surface area (Å²) < 4.78 is 5.42. The van der Waals surface area contributed by atoms with Crippen LogP contribution >= 0.6 is 11.6 Å². The summed E-state index contributed by atoms with van der Waals surface area (Å²) in [6.07, 6.45) is 0. The van der Waals surface area contributed by atoms with E-state index in [1.807, 2.05) is 26.0 Å². The Morgan fingerprint density at radius 1 is 1.04 bits per heavy atom. The Labute approximate surface area is 155 Å². The van der Waals surface area contributed by atoms with Gasteiger partial charge in [-0.1, -0.05) is 23.7 Å². The van der Waals surface area contributed by atoms with E-state index in [9.17, 15) is 9.59 Å². The Bertz CT molecular complexity index is 981. The van der Waals surface area contributed by atoms with Crippen molar-refractivity contribution in [3.8, 4) is 5.75 Å². The number of H-pyrrole nitrogens is 1. The van der Waals surface area contributed by atoms with E-state index < -0.39 is 11.8 Å². The van der Waals surface area contributed by atoms with E-state index in [0.29, 0.717) is 16.5 Å². The minimum atomic E-state index is -0.462. The van der Waals surface area contributed by atoms with Gasteiger partial charge in [0.05, 0.1) is 0 Å². The van der Waals surface area contributed by atoms with Crippen molar-refractivity contribution in [2.45, 2.75) is 13.8 Å². The minimum absolute atomic E-state index is 0.203. The highest BCUT2D eigenvalue weighted by Crippen LogP contribution is 2.20. The highest BCUT2D eigenvalue weighted by Gasteiger charge is 2.11. The SMILES string of the molecule is Cc1ccc(OCC(=O)NNC(=O)c2cc3ccc(Cl)cc3[nH]2)cc1C. The molecule has 1 aromatic heterocycles. The van der Waals surface area contributed by atoms with Crippen molar-refractivity contribution in [1.29, 1.82) is 0 Å². The van der Waals surface area contributed by atoms with Gasteiger partial charge in [0.1, 0.15) is 11.4 Å². The van der Waals surface area contributed by atoms with Crippen molar-refractivity contribution in [2.24, 2.45) is 0 Å². The molecule has 0 aliphatic carbocycles. The maximum Gasteiger partial charge on any atom is 0.286 e. The molecule has 3 rings (SSSR count). The second-order valence-corrected chi connectivity index (χ2v) is 6.39. The molecule has 0 saturated heterocycles. The van der Waals surface area contributed by atoms with Gasteiger partial charge in [0.2, 0.25) is 0 Å². The third kappa shape index (κ3) is 4.15. The summed E-state index contributed by atoms with van der Waals surface area (Å²) in [5, 5.41) is 1.42. The first-order valence-corrected chi connectivity index (χ1v) is 8.37. The van der Waals surface area contributed by atoms with Gasteiger partial charge in [-0.15, -0.1) is 0 Å². The van der Waals surface area contributed by atoms with Crippen LogP contribution in [0.5, 0.6) is 5.75 Å². The molecule has 0 radical (unpaired) electrons. The molecule has 0 fully saturated rings. The number of amides is 2. The Kier molecular flexibility index (Phi) is 5.14. The number of ether oxygens (including phenoxy) is 1. The van der Waals surface area contributed by atoms with Crippen molar-refractivity contribution in [1.82, 2.24) is 15.8 Å². The number of rotatable bonds is 4. The third-order valence-electron chi connectivity index (χ3n) is 3.99. The number of nitrogens with one attached hydrogen (secondary N) is 3. The van der Waals surface area contributed by atoms with Crippen LogP contribution in [0.25, 0.3) is 10.9 Å². The first-order chi connectivity index (χ1) is 12.4. The monoisotopic (exact) mass is 371 g/mol. The second-order valence-electron chi connectivity index (χ2n) is 5.95. The zero-order valence-electron chi connectivity index (χ0n) is 14.4. The number of hydrazine groups is 1. The summed E-state index contributed by atoms with van der Waals surface area (Å²) in [5.74, 6) is -0.324. The number of hydrogen-bond donors (Lipinski definition) is 3. The Morgan fingerprint density at radius 3 is 2.62 bits per heavy atom. The minimum Gasteiger partial charge on any atom is -0.484 e. The van der Waals surface area contributed by atoms with E-state index in [-0.39, 0.29) is 6.61 Å². The van der Waals surface area contributed by atoms with Crippen molar-refractivity contribution in [3.63, 3.8) is 0 Å². The van der Waals surface area contributed by atoms with Crippen LogP contribution in [0.1, 0.15) is 21.6 Å². The van der Waals surface area contributed by atoms with Crippen LogP contribution in [0.4, 0.5) is 0 Å². The predicted octanol–water partition coefficient (Wildman–Crippen LogP) is 3.28. The molecule has 0 saturated carbocycles. The molecule has 3 N–H and O–H groups in total. The number of hydrogen-bond acceptors (Lipinski definition) is 3. The molecule has 26 heavy (non-hydrogen) atoms. The van der Waals surface area contributed by atoms with Gasteiger partial charge in [-0.05, 0) is 55.3 Å². The van der Waals surface area contributed by atoms with Crippen LogP contribution in [-0.4, -0.2) is 23.4 Å².